The molecule has 25 heavy (non-hydrogen) atoms. The molecule has 0 spiro atoms. The zero-order valence-corrected chi connectivity index (χ0v) is 13.9. The number of carbonyl (C=O) groups is 2. The number of benzene rings is 2. The van der Waals surface area contributed by atoms with Gasteiger partial charge in [0.2, 0.25) is 0 Å². The lowest BCUT2D eigenvalue weighted by Crippen LogP contribution is -2.26. The fourth-order valence-electron chi connectivity index (χ4n) is 2.64. The maximum absolute atomic E-state index is 12.3. The first kappa shape index (κ1) is 16.8. The van der Waals surface area contributed by atoms with Gasteiger partial charge in [0.15, 0.2) is 5.78 Å². The molecule has 1 N–H and O–H groups in total. The Morgan fingerprint density at radius 1 is 1.00 bits per heavy atom. The molecule has 0 atom stereocenters. The number of carbonyl (C=O) groups excluding carboxylic acids is 2. The van der Waals surface area contributed by atoms with Gasteiger partial charge in [-0.25, -0.2) is 4.79 Å². The molecular weight excluding hydrogens is 316 g/mol. The third-order valence-electron chi connectivity index (χ3n) is 3.96. The molecule has 0 bridgehead atoms. The molecule has 0 amide bonds. The van der Waals surface area contributed by atoms with Crippen molar-refractivity contribution in [1.29, 1.82) is 0 Å². The van der Waals surface area contributed by atoms with Crippen LogP contribution in [0.2, 0.25) is 0 Å². The van der Waals surface area contributed by atoms with Gasteiger partial charge in [-0.05, 0) is 12.1 Å². The smallest absolute Gasteiger partial charge is 0.338 e. The average Bonchev–Trinajstić information content (AvgIpc) is 3.10. The highest BCUT2D eigenvalue weighted by molar-refractivity contribution is 6.04. The van der Waals surface area contributed by atoms with E-state index in [0.29, 0.717) is 17.7 Å². The molecule has 3 rings (SSSR count). The first-order chi connectivity index (χ1) is 12.2. The second kappa shape index (κ2) is 8.15. The minimum absolute atomic E-state index is 0.0451. The van der Waals surface area contributed by atoms with Crippen LogP contribution in [0.25, 0.3) is 0 Å². The quantitative estimate of drug-likeness (QED) is 0.499. The molecule has 0 unspecified atom stereocenters. The van der Waals surface area contributed by atoms with Gasteiger partial charge in [0.1, 0.15) is 12.4 Å². The van der Waals surface area contributed by atoms with Crippen molar-refractivity contribution in [2.45, 2.75) is 0 Å². The van der Waals surface area contributed by atoms with Gasteiger partial charge in [-0.3, -0.25) is 4.79 Å². The molecule has 5 nitrogen and oxygen atoms in total. The topological polar surface area (TPSA) is 58.6 Å². The van der Waals surface area contributed by atoms with Crippen molar-refractivity contribution in [3.05, 3.63) is 83.7 Å². The fraction of sp³-hybridized carbons (Fsp3) is 0.200. The van der Waals surface area contributed by atoms with Crippen LogP contribution in [-0.2, 0) is 4.74 Å². The predicted octanol–water partition coefficient (Wildman–Crippen LogP) is 2.47. The van der Waals surface area contributed by atoms with Crippen LogP contribution in [0, 0.1) is 0 Å². The van der Waals surface area contributed by atoms with Gasteiger partial charge in [0.25, 0.3) is 0 Å². The average molecular weight is 336 g/mol. The summed E-state index contributed by atoms with van der Waals surface area (Å²) in [5.41, 5.74) is 1.19. The van der Waals surface area contributed by atoms with Crippen molar-refractivity contribution < 1.29 is 14.3 Å². The second-order valence-corrected chi connectivity index (χ2v) is 5.68. The van der Waals surface area contributed by atoms with Crippen molar-refractivity contribution in [2.24, 2.45) is 0 Å². The SMILES string of the molecule is O=C(/C=C1\NCCN1CCOC(=O)c1ccccc1)c1ccccc1. The third kappa shape index (κ3) is 4.47. The molecule has 1 saturated heterocycles. The Morgan fingerprint density at radius 3 is 2.32 bits per heavy atom. The monoisotopic (exact) mass is 336 g/mol. The van der Waals surface area contributed by atoms with Crippen LogP contribution < -0.4 is 5.32 Å². The molecule has 1 aliphatic heterocycles. The molecule has 2 aromatic carbocycles. The van der Waals surface area contributed by atoms with E-state index in [9.17, 15) is 9.59 Å². The van der Waals surface area contributed by atoms with Crippen molar-refractivity contribution in [3.8, 4) is 0 Å². The summed E-state index contributed by atoms with van der Waals surface area (Å²) in [4.78, 5) is 26.2. The number of ether oxygens (including phenoxy) is 1. The lowest BCUT2D eigenvalue weighted by Gasteiger charge is -2.18. The van der Waals surface area contributed by atoms with Crippen molar-refractivity contribution in [3.63, 3.8) is 0 Å². The summed E-state index contributed by atoms with van der Waals surface area (Å²) >= 11 is 0. The number of hydrogen-bond donors (Lipinski definition) is 1. The van der Waals surface area contributed by atoms with E-state index in [2.05, 4.69) is 5.32 Å². The molecule has 0 aliphatic carbocycles. The van der Waals surface area contributed by atoms with E-state index in [4.69, 9.17) is 4.74 Å². The lowest BCUT2D eigenvalue weighted by molar-refractivity contribution is 0.0480. The van der Waals surface area contributed by atoms with E-state index in [1.807, 2.05) is 29.2 Å². The van der Waals surface area contributed by atoms with E-state index in [-0.39, 0.29) is 18.4 Å². The molecule has 1 heterocycles. The number of esters is 1. The summed E-state index contributed by atoms with van der Waals surface area (Å²) in [7, 11) is 0. The molecule has 0 aromatic heterocycles. The maximum atomic E-state index is 12.3. The first-order valence-electron chi connectivity index (χ1n) is 8.26. The lowest BCUT2D eigenvalue weighted by atomic mass is 10.1. The van der Waals surface area contributed by atoms with Crippen LogP contribution in [0.5, 0.6) is 0 Å². The van der Waals surface area contributed by atoms with Crippen LogP contribution in [-0.4, -0.2) is 42.9 Å². The summed E-state index contributed by atoms with van der Waals surface area (Å²) in [6.45, 7) is 2.35. The fourth-order valence-corrected chi connectivity index (χ4v) is 2.64. The van der Waals surface area contributed by atoms with Crippen molar-refractivity contribution in [1.82, 2.24) is 10.2 Å². The van der Waals surface area contributed by atoms with Gasteiger partial charge in [-0.2, -0.15) is 0 Å². The summed E-state index contributed by atoms with van der Waals surface area (Å²) in [5.74, 6) is 0.388. The number of nitrogens with zero attached hydrogens (tertiary/aromatic N) is 1. The van der Waals surface area contributed by atoms with Crippen LogP contribution in [0.1, 0.15) is 20.7 Å². The standard InChI is InChI=1S/C20H20N2O3/c23-18(16-7-3-1-4-8-16)15-19-21-11-12-22(19)13-14-25-20(24)17-9-5-2-6-10-17/h1-10,15,21H,11-14H2/b19-15+. The van der Waals surface area contributed by atoms with E-state index >= 15 is 0 Å². The molecular formula is C20H20N2O3. The highest BCUT2D eigenvalue weighted by Crippen LogP contribution is 2.10. The number of allylic oxidation sites excluding steroid dienone is 1. The highest BCUT2D eigenvalue weighted by Gasteiger charge is 2.18. The molecule has 1 aliphatic rings. The zero-order chi connectivity index (χ0) is 17.5. The molecule has 0 saturated carbocycles. The van der Waals surface area contributed by atoms with Gasteiger partial charge >= 0.3 is 5.97 Å². The maximum Gasteiger partial charge on any atom is 0.338 e. The largest absolute Gasteiger partial charge is 0.460 e. The van der Waals surface area contributed by atoms with E-state index in [1.54, 1.807) is 42.5 Å². The van der Waals surface area contributed by atoms with Crippen LogP contribution in [0.15, 0.2) is 72.6 Å². The molecule has 5 heteroatoms. The zero-order valence-electron chi connectivity index (χ0n) is 13.9. The first-order valence-corrected chi connectivity index (χ1v) is 8.26. The molecule has 0 radical (unpaired) electrons. The Labute approximate surface area is 146 Å². The van der Waals surface area contributed by atoms with E-state index in [0.717, 1.165) is 18.9 Å². The van der Waals surface area contributed by atoms with Crippen LogP contribution >= 0.6 is 0 Å². The Balaban J connectivity index is 1.54. The van der Waals surface area contributed by atoms with Crippen molar-refractivity contribution >= 4 is 11.8 Å². The van der Waals surface area contributed by atoms with Crippen LogP contribution in [0.4, 0.5) is 0 Å². The van der Waals surface area contributed by atoms with Crippen LogP contribution in [0.3, 0.4) is 0 Å². The predicted molar refractivity (Wildman–Crippen MR) is 95.2 cm³/mol. The van der Waals surface area contributed by atoms with Gasteiger partial charge in [-0.15, -0.1) is 0 Å². The normalized spacial score (nSPS) is 15.0. The third-order valence-corrected chi connectivity index (χ3v) is 3.96. The Bertz CT molecular complexity index is 757. The summed E-state index contributed by atoms with van der Waals surface area (Å²) in [6, 6.07) is 18.1. The van der Waals surface area contributed by atoms with E-state index in [1.165, 1.54) is 0 Å². The molecule has 2 aromatic rings. The number of nitrogens with one attached hydrogen (secondary N) is 1. The van der Waals surface area contributed by atoms with Gasteiger partial charge in [-0.1, -0.05) is 48.5 Å². The van der Waals surface area contributed by atoms with Crippen molar-refractivity contribution in [2.75, 3.05) is 26.2 Å². The second-order valence-electron chi connectivity index (χ2n) is 5.68. The van der Waals surface area contributed by atoms with E-state index < -0.39 is 0 Å². The van der Waals surface area contributed by atoms with Gasteiger partial charge in [0.05, 0.1) is 12.1 Å². The summed E-state index contributed by atoms with van der Waals surface area (Å²) in [5, 5.41) is 3.20. The minimum atomic E-state index is -0.335. The Morgan fingerprint density at radius 2 is 1.64 bits per heavy atom. The minimum Gasteiger partial charge on any atom is -0.460 e. The number of rotatable bonds is 6. The summed E-state index contributed by atoms with van der Waals surface area (Å²) < 4.78 is 5.31. The Hall–Kier alpha value is -3.08. The van der Waals surface area contributed by atoms with Gasteiger partial charge < -0.3 is 15.0 Å². The number of ketones is 1. The summed E-state index contributed by atoms with van der Waals surface area (Å²) in [6.07, 6.45) is 1.60. The van der Waals surface area contributed by atoms with Gasteiger partial charge in [0, 0.05) is 24.7 Å². The highest BCUT2D eigenvalue weighted by atomic mass is 16.5. The molecule has 128 valence electrons. The molecule has 1 fully saturated rings. The Kier molecular flexibility index (Phi) is 5.46. The number of hydrogen-bond acceptors (Lipinski definition) is 5.